The Morgan fingerprint density at radius 3 is 2.31 bits per heavy atom. The number of rotatable bonds is 3. The monoisotopic (exact) mass is 433 g/mol. The van der Waals surface area contributed by atoms with Crippen LogP contribution in [0.5, 0.6) is 0 Å². The van der Waals surface area contributed by atoms with Crippen LogP contribution in [0.2, 0.25) is 10.0 Å². The minimum atomic E-state index is -0.529. The van der Waals surface area contributed by atoms with Gasteiger partial charge in [-0.2, -0.15) is 0 Å². The molecule has 2 aliphatic rings. The van der Waals surface area contributed by atoms with E-state index in [1.54, 1.807) is 12.1 Å². The van der Waals surface area contributed by atoms with Crippen LogP contribution in [-0.2, 0) is 9.59 Å². The van der Waals surface area contributed by atoms with Crippen molar-refractivity contribution in [1.29, 1.82) is 0 Å². The van der Waals surface area contributed by atoms with E-state index >= 15 is 0 Å². The number of piperazine rings is 1. The molecule has 0 aliphatic carbocycles. The molecule has 5 nitrogen and oxygen atoms in total. The second kappa shape index (κ2) is 7.78. The molecule has 2 amide bonds. The third-order valence-corrected chi connectivity index (χ3v) is 5.69. The van der Waals surface area contributed by atoms with E-state index in [4.69, 9.17) is 23.2 Å². The van der Waals surface area contributed by atoms with Gasteiger partial charge in [-0.3, -0.25) is 9.59 Å². The number of nitrogens with zero attached hydrogens (tertiary/aromatic N) is 3. The molecule has 2 aromatic carbocycles. The van der Waals surface area contributed by atoms with Crippen LogP contribution in [0.1, 0.15) is 5.56 Å². The van der Waals surface area contributed by atoms with Crippen LogP contribution in [0.3, 0.4) is 0 Å². The Morgan fingerprint density at radius 2 is 1.66 bits per heavy atom. The molecule has 0 bridgehead atoms. The number of amides is 2. The van der Waals surface area contributed by atoms with Crippen LogP contribution in [-0.4, -0.2) is 54.8 Å². The van der Waals surface area contributed by atoms with Crippen molar-refractivity contribution in [3.05, 3.63) is 69.6 Å². The number of imide groups is 1. The molecule has 2 aromatic rings. The van der Waals surface area contributed by atoms with Crippen LogP contribution in [0.15, 0.2) is 48.2 Å². The Balaban J connectivity index is 1.85. The lowest BCUT2D eigenvalue weighted by Gasteiger charge is -2.34. The first-order valence-corrected chi connectivity index (χ1v) is 9.90. The fraction of sp³-hybridized carbons (Fsp3) is 0.238. The molecule has 1 fully saturated rings. The van der Waals surface area contributed by atoms with E-state index in [1.165, 1.54) is 30.3 Å². The lowest BCUT2D eigenvalue weighted by Crippen LogP contribution is -2.46. The molecule has 0 unspecified atom stereocenters. The highest BCUT2D eigenvalue weighted by Crippen LogP contribution is 2.38. The van der Waals surface area contributed by atoms with Crippen molar-refractivity contribution < 1.29 is 14.0 Å². The molecule has 2 heterocycles. The van der Waals surface area contributed by atoms with Gasteiger partial charge in [0.2, 0.25) is 0 Å². The van der Waals surface area contributed by atoms with E-state index in [2.05, 4.69) is 4.90 Å². The summed E-state index contributed by atoms with van der Waals surface area (Å²) >= 11 is 12.4. The van der Waals surface area contributed by atoms with Gasteiger partial charge in [0, 0.05) is 36.8 Å². The van der Waals surface area contributed by atoms with Crippen LogP contribution in [0, 0.1) is 5.82 Å². The van der Waals surface area contributed by atoms with E-state index < -0.39 is 17.6 Å². The summed E-state index contributed by atoms with van der Waals surface area (Å²) in [7, 11) is 2.00. The molecule has 0 N–H and O–H groups in total. The molecule has 0 aromatic heterocycles. The number of hydrogen-bond acceptors (Lipinski definition) is 4. The van der Waals surface area contributed by atoms with E-state index in [-0.39, 0.29) is 22.0 Å². The quantitative estimate of drug-likeness (QED) is 0.692. The van der Waals surface area contributed by atoms with Crippen molar-refractivity contribution in [2.45, 2.75) is 0 Å². The van der Waals surface area contributed by atoms with Crippen molar-refractivity contribution in [2.24, 2.45) is 0 Å². The van der Waals surface area contributed by atoms with E-state index in [9.17, 15) is 14.0 Å². The maximum absolute atomic E-state index is 13.8. The summed E-state index contributed by atoms with van der Waals surface area (Å²) < 4.78 is 13.8. The fourth-order valence-corrected chi connectivity index (χ4v) is 4.13. The molecule has 0 spiro atoms. The summed E-state index contributed by atoms with van der Waals surface area (Å²) in [6, 6.07) is 10.2. The molecular weight excluding hydrogens is 416 g/mol. The summed E-state index contributed by atoms with van der Waals surface area (Å²) in [5.74, 6) is -1.54. The predicted octanol–water partition coefficient (Wildman–Crippen LogP) is 3.66. The van der Waals surface area contributed by atoms with Crippen LogP contribution in [0.25, 0.3) is 5.57 Å². The lowest BCUT2D eigenvalue weighted by molar-refractivity contribution is -0.120. The van der Waals surface area contributed by atoms with Gasteiger partial charge in [-0.1, -0.05) is 35.3 Å². The fourth-order valence-electron chi connectivity index (χ4n) is 3.63. The smallest absolute Gasteiger partial charge is 0.282 e. The normalized spacial score (nSPS) is 18.2. The maximum atomic E-state index is 13.8. The Kier molecular flexibility index (Phi) is 5.34. The Morgan fingerprint density at radius 1 is 0.931 bits per heavy atom. The zero-order valence-electron chi connectivity index (χ0n) is 15.7. The Bertz CT molecular complexity index is 1030. The van der Waals surface area contributed by atoms with Crippen LogP contribution < -0.4 is 4.90 Å². The van der Waals surface area contributed by atoms with Gasteiger partial charge >= 0.3 is 0 Å². The summed E-state index contributed by atoms with van der Waals surface area (Å²) in [4.78, 5) is 31.8. The van der Waals surface area contributed by atoms with Crippen molar-refractivity contribution >= 4 is 46.3 Å². The highest BCUT2D eigenvalue weighted by atomic mass is 35.5. The molecule has 0 radical (unpaired) electrons. The topological polar surface area (TPSA) is 43.9 Å². The van der Waals surface area contributed by atoms with E-state index in [0.29, 0.717) is 23.7 Å². The largest absolute Gasteiger partial charge is 0.364 e. The van der Waals surface area contributed by atoms with Gasteiger partial charge in [0.1, 0.15) is 11.5 Å². The van der Waals surface area contributed by atoms with Gasteiger partial charge in [0.15, 0.2) is 0 Å². The molecule has 2 aliphatic heterocycles. The number of halogens is 3. The highest BCUT2D eigenvalue weighted by molar-refractivity contribution is 6.47. The van der Waals surface area contributed by atoms with Crippen molar-refractivity contribution in [1.82, 2.24) is 9.80 Å². The average Bonchev–Trinajstić information content (AvgIpc) is 2.93. The number of likely N-dealkylation sites (N-methyl/N-ethyl adjacent to an activating group) is 1. The summed E-state index contributed by atoms with van der Waals surface area (Å²) in [6.07, 6.45) is 0. The van der Waals surface area contributed by atoms with Gasteiger partial charge < -0.3 is 9.80 Å². The molecule has 8 heteroatoms. The van der Waals surface area contributed by atoms with Crippen LogP contribution in [0.4, 0.5) is 10.1 Å². The van der Waals surface area contributed by atoms with E-state index in [0.717, 1.165) is 18.0 Å². The summed E-state index contributed by atoms with van der Waals surface area (Å²) in [5, 5.41) is 0.709. The van der Waals surface area contributed by atoms with Gasteiger partial charge in [0.25, 0.3) is 11.8 Å². The van der Waals surface area contributed by atoms with Crippen molar-refractivity contribution in [3.63, 3.8) is 0 Å². The molecule has 4 rings (SSSR count). The molecule has 0 saturated carbocycles. The minimum Gasteiger partial charge on any atom is -0.364 e. The lowest BCUT2D eigenvalue weighted by atomic mass is 10.0. The highest BCUT2D eigenvalue weighted by Gasteiger charge is 2.43. The first-order valence-electron chi connectivity index (χ1n) is 9.14. The maximum Gasteiger partial charge on any atom is 0.282 e. The van der Waals surface area contributed by atoms with Crippen LogP contribution >= 0.6 is 23.2 Å². The summed E-state index contributed by atoms with van der Waals surface area (Å²) in [5.41, 5.74) is 1.12. The Hall–Kier alpha value is -2.41. The van der Waals surface area contributed by atoms with E-state index in [1.807, 2.05) is 11.9 Å². The number of anilines is 1. The Labute approximate surface area is 177 Å². The predicted molar refractivity (Wildman–Crippen MR) is 111 cm³/mol. The first kappa shape index (κ1) is 19.9. The van der Waals surface area contributed by atoms with Crippen molar-refractivity contribution in [3.8, 4) is 0 Å². The third kappa shape index (κ3) is 3.64. The second-order valence-corrected chi connectivity index (χ2v) is 7.91. The molecular formula is C21H18Cl2FN3O2. The number of carbonyl (C=O) groups is 2. The average molecular weight is 434 g/mol. The number of hydrogen-bond donors (Lipinski definition) is 0. The molecule has 150 valence electrons. The minimum absolute atomic E-state index is 0.187. The van der Waals surface area contributed by atoms with Gasteiger partial charge in [0.05, 0.1) is 16.3 Å². The second-order valence-electron chi connectivity index (χ2n) is 7.06. The van der Waals surface area contributed by atoms with Gasteiger partial charge in [-0.05, 0) is 37.4 Å². The third-order valence-electron chi connectivity index (χ3n) is 5.15. The van der Waals surface area contributed by atoms with Gasteiger partial charge in [-0.15, -0.1) is 0 Å². The number of carbonyl (C=O) groups excluding carboxylic acids is 2. The zero-order valence-corrected chi connectivity index (χ0v) is 17.2. The molecule has 29 heavy (non-hydrogen) atoms. The SMILES string of the molecule is CN1CCN(C2=C(c3ccc(Cl)cc3Cl)C(=O)N(c3cccc(F)c3)C2=O)CC1. The molecule has 0 atom stereocenters. The van der Waals surface area contributed by atoms with Crippen molar-refractivity contribution in [2.75, 3.05) is 38.1 Å². The number of benzene rings is 2. The zero-order chi connectivity index (χ0) is 20.7. The van der Waals surface area contributed by atoms with Gasteiger partial charge in [-0.25, -0.2) is 9.29 Å². The first-order chi connectivity index (χ1) is 13.9. The standard InChI is InChI=1S/C21H18Cl2FN3O2/c1-25-7-9-26(10-8-25)19-18(16-6-5-13(22)11-17(16)23)20(28)27(21(19)29)15-4-2-3-14(24)12-15/h2-6,11-12H,7-10H2,1H3. The molecule has 1 saturated heterocycles. The summed E-state index contributed by atoms with van der Waals surface area (Å²) in [6.45, 7) is 2.70.